The van der Waals surface area contributed by atoms with Crippen LogP contribution >= 0.6 is 0 Å². The van der Waals surface area contributed by atoms with Crippen molar-refractivity contribution in [1.82, 2.24) is 5.32 Å². The van der Waals surface area contributed by atoms with Gasteiger partial charge in [-0.3, -0.25) is 0 Å². The Labute approximate surface area is 122 Å². The number of rotatable bonds is 1. The molecule has 0 aromatic heterocycles. The number of benzene rings is 1. The molecule has 0 radical (unpaired) electrons. The van der Waals surface area contributed by atoms with Crippen LogP contribution in [0.2, 0.25) is 0 Å². The Hall–Kier alpha value is -1.46. The zero-order valence-corrected chi connectivity index (χ0v) is 12.5. The van der Waals surface area contributed by atoms with Crippen LogP contribution in [0.3, 0.4) is 0 Å². The van der Waals surface area contributed by atoms with Gasteiger partial charge in [0, 0.05) is 35.4 Å². The third-order valence-electron chi connectivity index (χ3n) is 4.64. The van der Waals surface area contributed by atoms with E-state index in [1.807, 2.05) is 0 Å². The van der Waals surface area contributed by atoms with Gasteiger partial charge in [0.05, 0.1) is 0 Å². The Kier molecular flexibility index (Phi) is 3.48. The first kappa shape index (κ1) is 13.5. The van der Waals surface area contributed by atoms with E-state index in [2.05, 4.69) is 54.3 Å². The van der Waals surface area contributed by atoms with Gasteiger partial charge in [0.1, 0.15) is 0 Å². The SMILES string of the molecule is C#Cc1ccc(N2CC(C)(C)NC3CCCCC32)cc1. The number of nitrogens with one attached hydrogen (secondary N) is 1. The average molecular weight is 268 g/mol. The predicted molar refractivity (Wildman–Crippen MR) is 85.0 cm³/mol. The van der Waals surface area contributed by atoms with E-state index in [-0.39, 0.29) is 5.54 Å². The average Bonchev–Trinajstić information content (AvgIpc) is 2.45. The van der Waals surface area contributed by atoms with Crippen molar-refractivity contribution < 1.29 is 0 Å². The summed E-state index contributed by atoms with van der Waals surface area (Å²) < 4.78 is 0. The topological polar surface area (TPSA) is 15.3 Å². The molecular weight excluding hydrogens is 244 g/mol. The van der Waals surface area contributed by atoms with E-state index in [1.165, 1.54) is 31.4 Å². The summed E-state index contributed by atoms with van der Waals surface area (Å²) in [5.41, 5.74) is 2.45. The third-order valence-corrected chi connectivity index (χ3v) is 4.64. The third kappa shape index (κ3) is 2.55. The van der Waals surface area contributed by atoms with E-state index in [0.29, 0.717) is 12.1 Å². The highest BCUT2D eigenvalue weighted by molar-refractivity contribution is 5.52. The molecular formula is C18H24N2. The van der Waals surface area contributed by atoms with Gasteiger partial charge in [0.15, 0.2) is 0 Å². The van der Waals surface area contributed by atoms with E-state index >= 15 is 0 Å². The first-order valence-corrected chi connectivity index (χ1v) is 7.70. The largest absolute Gasteiger partial charge is 0.365 e. The monoisotopic (exact) mass is 268 g/mol. The fourth-order valence-corrected chi connectivity index (χ4v) is 3.78. The van der Waals surface area contributed by atoms with Crippen LogP contribution in [0, 0.1) is 12.3 Å². The Morgan fingerprint density at radius 2 is 1.90 bits per heavy atom. The van der Waals surface area contributed by atoms with Crippen molar-refractivity contribution in [2.75, 3.05) is 11.4 Å². The molecule has 0 spiro atoms. The normalized spacial score (nSPS) is 28.6. The van der Waals surface area contributed by atoms with E-state index in [0.717, 1.165) is 12.1 Å². The number of anilines is 1. The maximum absolute atomic E-state index is 5.45. The highest BCUT2D eigenvalue weighted by atomic mass is 15.3. The maximum Gasteiger partial charge on any atom is 0.0444 e. The molecule has 1 saturated carbocycles. The van der Waals surface area contributed by atoms with E-state index in [4.69, 9.17) is 6.42 Å². The first-order valence-electron chi connectivity index (χ1n) is 7.70. The first-order chi connectivity index (χ1) is 9.59. The number of hydrogen-bond acceptors (Lipinski definition) is 2. The van der Waals surface area contributed by atoms with Gasteiger partial charge >= 0.3 is 0 Å². The predicted octanol–water partition coefficient (Wildman–Crippen LogP) is 3.17. The number of piperazine rings is 1. The van der Waals surface area contributed by atoms with Gasteiger partial charge in [0.25, 0.3) is 0 Å². The van der Waals surface area contributed by atoms with Gasteiger partial charge in [-0.15, -0.1) is 6.42 Å². The summed E-state index contributed by atoms with van der Waals surface area (Å²) in [6, 6.07) is 9.74. The number of hydrogen-bond donors (Lipinski definition) is 1. The summed E-state index contributed by atoms with van der Waals surface area (Å²) in [6.07, 6.45) is 10.8. The van der Waals surface area contributed by atoms with Crippen molar-refractivity contribution in [2.45, 2.75) is 57.2 Å². The lowest BCUT2D eigenvalue weighted by molar-refractivity contribution is 0.199. The van der Waals surface area contributed by atoms with Crippen LogP contribution < -0.4 is 10.2 Å². The van der Waals surface area contributed by atoms with Crippen LogP contribution in [0.25, 0.3) is 0 Å². The van der Waals surface area contributed by atoms with Gasteiger partial charge in [-0.2, -0.15) is 0 Å². The summed E-state index contributed by atoms with van der Waals surface area (Å²) in [4.78, 5) is 2.60. The minimum atomic E-state index is 0.170. The molecule has 2 atom stereocenters. The van der Waals surface area contributed by atoms with E-state index in [9.17, 15) is 0 Å². The molecule has 1 N–H and O–H groups in total. The lowest BCUT2D eigenvalue weighted by Crippen LogP contribution is -2.67. The molecule has 3 rings (SSSR count). The molecule has 2 nitrogen and oxygen atoms in total. The van der Waals surface area contributed by atoms with E-state index in [1.54, 1.807) is 0 Å². The fourth-order valence-electron chi connectivity index (χ4n) is 3.78. The molecule has 1 aliphatic carbocycles. The molecule has 2 heteroatoms. The number of terminal acetylenes is 1. The van der Waals surface area contributed by atoms with Crippen molar-refractivity contribution in [2.24, 2.45) is 0 Å². The van der Waals surface area contributed by atoms with Crippen LogP contribution in [-0.2, 0) is 0 Å². The molecule has 2 fully saturated rings. The Morgan fingerprint density at radius 3 is 2.60 bits per heavy atom. The second-order valence-electron chi connectivity index (χ2n) is 6.81. The van der Waals surface area contributed by atoms with Crippen LogP contribution in [0.1, 0.15) is 45.1 Å². The number of nitrogens with zero attached hydrogens (tertiary/aromatic N) is 1. The van der Waals surface area contributed by atoms with Crippen molar-refractivity contribution in [3.63, 3.8) is 0 Å². The van der Waals surface area contributed by atoms with Gasteiger partial charge < -0.3 is 10.2 Å². The Morgan fingerprint density at radius 1 is 1.20 bits per heavy atom. The highest BCUT2D eigenvalue weighted by Crippen LogP contribution is 2.33. The molecule has 20 heavy (non-hydrogen) atoms. The molecule has 2 unspecified atom stereocenters. The lowest BCUT2D eigenvalue weighted by Gasteiger charge is -2.52. The zero-order chi connectivity index (χ0) is 14.2. The standard InChI is InChI=1S/C18H24N2/c1-4-14-9-11-15(12-10-14)20-13-18(2,3)19-16-7-5-6-8-17(16)20/h1,9-12,16-17,19H,5-8,13H2,2-3H3. The molecule has 2 aliphatic rings. The molecule has 0 bridgehead atoms. The summed E-state index contributed by atoms with van der Waals surface area (Å²) in [7, 11) is 0. The van der Waals surface area contributed by atoms with Crippen LogP contribution in [-0.4, -0.2) is 24.2 Å². The minimum absolute atomic E-state index is 0.170. The molecule has 1 saturated heterocycles. The zero-order valence-electron chi connectivity index (χ0n) is 12.5. The van der Waals surface area contributed by atoms with Gasteiger partial charge in [-0.25, -0.2) is 0 Å². The molecule has 1 aliphatic heterocycles. The Bertz CT molecular complexity index is 509. The summed E-state index contributed by atoms with van der Waals surface area (Å²) in [5.74, 6) is 2.70. The minimum Gasteiger partial charge on any atom is -0.365 e. The van der Waals surface area contributed by atoms with Gasteiger partial charge in [0.2, 0.25) is 0 Å². The van der Waals surface area contributed by atoms with Crippen LogP contribution in [0.15, 0.2) is 24.3 Å². The molecule has 1 aromatic rings. The Balaban J connectivity index is 1.89. The van der Waals surface area contributed by atoms with Gasteiger partial charge in [-0.05, 0) is 51.0 Å². The summed E-state index contributed by atoms with van der Waals surface area (Å²) in [6.45, 7) is 5.67. The summed E-state index contributed by atoms with van der Waals surface area (Å²) in [5, 5.41) is 3.84. The molecule has 1 aromatic carbocycles. The lowest BCUT2D eigenvalue weighted by atomic mass is 9.83. The van der Waals surface area contributed by atoms with Crippen molar-refractivity contribution in [3.05, 3.63) is 29.8 Å². The smallest absolute Gasteiger partial charge is 0.0444 e. The highest BCUT2D eigenvalue weighted by Gasteiger charge is 2.40. The van der Waals surface area contributed by atoms with Crippen molar-refractivity contribution >= 4 is 5.69 Å². The van der Waals surface area contributed by atoms with Crippen molar-refractivity contribution in [1.29, 1.82) is 0 Å². The van der Waals surface area contributed by atoms with Crippen LogP contribution in [0.5, 0.6) is 0 Å². The second-order valence-corrected chi connectivity index (χ2v) is 6.81. The quantitative estimate of drug-likeness (QED) is 0.787. The second kappa shape index (κ2) is 5.14. The molecule has 0 amide bonds. The fraction of sp³-hybridized carbons (Fsp3) is 0.556. The summed E-state index contributed by atoms with van der Waals surface area (Å²) >= 11 is 0. The molecule has 1 heterocycles. The van der Waals surface area contributed by atoms with Crippen molar-refractivity contribution in [3.8, 4) is 12.3 Å². The molecule has 106 valence electrons. The number of fused-ring (bicyclic) bond motifs is 1. The maximum atomic E-state index is 5.45. The van der Waals surface area contributed by atoms with Crippen LogP contribution in [0.4, 0.5) is 5.69 Å². The van der Waals surface area contributed by atoms with Gasteiger partial charge in [-0.1, -0.05) is 18.8 Å². The van der Waals surface area contributed by atoms with E-state index < -0.39 is 0 Å².